The highest BCUT2D eigenvalue weighted by atomic mass is 35.5. The van der Waals surface area contributed by atoms with Crippen LogP contribution in [0.5, 0.6) is 0 Å². The van der Waals surface area contributed by atoms with Gasteiger partial charge in [0.15, 0.2) is 0 Å². The fourth-order valence-electron chi connectivity index (χ4n) is 2.70. The number of hydrogen-bond donors (Lipinski definition) is 0. The Bertz CT molecular complexity index is 537. The second-order valence-corrected chi connectivity index (χ2v) is 6.94. The third-order valence-corrected chi connectivity index (χ3v) is 4.97. The molecule has 5 heteroatoms. The molecule has 0 radical (unpaired) electrons. The number of piperazine rings is 1. The summed E-state index contributed by atoms with van der Waals surface area (Å²) in [5.41, 5.74) is 0.639. The molecule has 1 saturated heterocycles. The van der Waals surface area contributed by atoms with E-state index < -0.39 is 5.41 Å². The average Bonchev–Trinajstić information content (AvgIpc) is 2.60. The van der Waals surface area contributed by atoms with Crippen molar-refractivity contribution in [2.75, 3.05) is 32.1 Å². The molecule has 126 valence electrons. The highest BCUT2D eigenvalue weighted by molar-refractivity contribution is 6.19. The first-order chi connectivity index (χ1) is 10.9. The minimum atomic E-state index is -0.541. The van der Waals surface area contributed by atoms with Crippen molar-refractivity contribution in [1.82, 2.24) is 9.80 Å². The zero-order valence-corrected chi connectivity index (χ0v) is 14.7. The summed E-state index contributed by atoms with van der Waals surface area (Å²) >= 11 is 5.87. The van der Waals surface area contributed by atoms with Gasteiger partial charge in [-0.3, -0.25) is 9.59 Å². The Morgan fingerprint density at radius 1 is 1.04 bits per heavy atom. The summed E-state index contributed by atoms with van der Waals surface area (Å²) in [5.74, 6) is 0.545. The van der Waals surface area contributed by atoms with Gasteiger partial charge in [0.1, 0.15) is 0 Å². The second-order valence-electron chi connectivity index (χ2n) is 6.68. The van der Waals surface area contributed by atoms with Crippen LogP contribution in [0.2, 0.25) is 0 Å². The molecular weight excluding hydrogens is 312 g/mol. The van der Waals surface area contributed by atoms with Crippen molar-refractivity contribution >= 4 is 23.4 Å². The van der Waals surface area contributed by atoms with Crippen molar-refractivity contribution in [1.29, 1.82) is 0 Å². The minimum Gasteiger partial charge on any atom is -0.339 e. The molecule has 4 nitrogen and oxygen atoms in total. The van der Waals surface area contributed by atoms with Gasteiger partial charge in [-0.05, 0) is 25.8 Å². The summed E-state index contributed by atoms with van der Waals surface area (Å²) in [6.45, 7) is 6.13. The molecule has 2 amide bonds. The van der Waals surface area contributed by atoms with E-state index in [1.54, 1.807) is 0 Å². The summed E-state index contributed by atoms with van der Waals surface area (Å²) in [4.78, 5) is 28.4. The van der Waals surface area contributed by atoms with Gasteiger partial charge in [0.25, 0.3) is 0 Å². The Morgan fingerprint density at radius 2 is 1.61 bits per heavy atom. The maximum atomic E-state index is 12.4. The first-order valence-corrected chi connectivity index (χ1v) is 8.64. The van der Waals surface area contributed by atoms with E-state index in [-0.39, 0.29) is 11.8 Å². The Morgan fingerprint density at radius 3 is 2.17 bits per heavy atom. The third-order valence-electron chi connectivity index (χ3n) is 4.30. The van der Waals surface area contributed by atoms with E-state index in [1.807, 2.05) is 54.0 Å². The van der Waals surface area contributed by atoms with Gasteiger partial charge in [-0.15, -0.1) is 11.6 Å². The van der Waals surface area contributed by atoms with Crippen molar-refractivity contribution in [3.05, 3.63) is 35.9 Å². The molecule has 0 aliphatic carbocycles. The van der Waals surface area contributed by atoms with Crippen LogP contribution in [0.3, 0.4) is 0 Å². The molecule has 1 aromatic rings. The number of hydrogen-bond acceptors (Lipinski definition) is 2. The molecule has 1 aromatic carbocycles. The molecule has 0 unspecified atom stereocenters. The second kappa shape index (κ2) is 7.82. The molecule has 0 bridgehead atoms. The number of rotatable bonds is 5. The van der Waals surface area contributed by atoms with Crippen LogP contribution in [-0.2, 0) is 16.0 Å². The maximum absolute atomic E-state index is 12.4. The minimum absolute atomic E-state index is 0.0730. The number of nitrogens with zero attached hydrogens (tertiary/aromatic N) is 2. The van der Waals surface area contributed by atoms with Gasteiger partial charge in [-0.1, -0.05) is 30.3 Å². The van der Waals surface area contributed by atoms with Crippen LogP contribution in [0.25, 0.3) is 0 Å². The molecule has 1 fully saturated rings. The predicted molar refractivity (Wildman–Crippen MR) is 92.4 cm³/mol. The molecule has 0 spiro atoms. The van der Waals surface area contributed by atoms with Gasteiger partial charge in [0.05, 0.1) is 5.41 Å². The summed E-state index contributed by atoms with van der Waals surface area (Å²) in [6.07, 6.45) is 1.28. The molecule has 1 aliphatic heterocycles. The van der Waals surface area contributed by atoms with Crippen molar-refractivity contribution in [3.63, 3.8) is 0 Å². The number of aryl methyl sites for hydroxylation is 1. The zero-order chi connectivity index (χ0) is 16.9. The van der Waals surface area contributed by atoms with Gasteiger partial charge in [0.2, 0.25) is 11.8 Å². The lowest BCUT2D eigenvalue weighted by molar-refractivity contribution is -0.144. The van der Waals surface area contributed by atoms with E-state index in [2.05, 4.69) is 0 Å². The van der Waals surface area contributed by atoms with Crippen LogP contribution in [-0.4, -0.2) is 53.7 Å². The van der Waals surface area contributed by atoms with Gasteiger partial charge < -0.3 is 9.80 Å². The Hall–Kier alpha value is -1.55. The van der Waals surface area contributed by atoms with E-state index >= 15 is 0 Å². The molecule has 0 N–H and O–H groups in total. The fourth-order valence-corrected chi connectivity index (χ4v) is 2.81. The summed E-state index contributed by atoms with van der Waals surface area (Å²) in [7, 11) is 0. The monoisotopic (exact) mass is 336 g/mol. The van der Waals surface area contributed by atoms with E-state index in [4.69, 9.17) is 11.6 Å². The van der Waals surface area contributed by atoms with Crippen molar-refractivity contribution in [3.8, 4) is 0 Å². The Labute approximate surface area is 143 Å². The molecule has 23 heavy (non-hydrogen) atoms. The average molecular weight is 337 g/mol. The first kappa shape index (κ1) is 17.8. The topological polar surface area (TPSA) is 40.6 Å². The van der Waals surface area contributed by atoms with Crippen LogP contribution in [0.4, 0.5) is 0 Å². The molecule has 0 atom stereocenters. The molecule has 1 aliphatic rings. The van der Waals surface area contributed by atoms with E-state index in [0.717, 1.165) is 6.42 Å². The van der Waals surface area contributed by atoms with Gasteiger partial charge in [0, 0.05) is 38.5 Å². The lowest BCUT2D eigenvalue weighted by atomic mass is 9.94. The lowest BCUT2D eigenvalue weighted by Gasteiger charge is -2.38. The molecule has 1 heterocycles. The number of benzene rings is 1. The number of halogens is 1. The number of alkyl halides is 1. The van der Waals surface area contributed by atoms with Crippen LogP contribution in [0.1, 0.15) is 25.8 Å². The van der Waals surface area contributed by atoms with Crippen LogP contribution in [0, 0.1) is 5.41 Å². The van der Waals surface area contributed by atoms with Gasteiger partial charge >= 0.3 is 0 Å². The van der Waals surface area contributed by atoms with Crippen LogP contribution in [0.15, 0.2) is 30.3 Å². The van der Waals surface area contributed by atoms with Gasteiger partial charge in [-0.2, -0.15) is 0 Å². The summed E-state index contributed by atoms with van der Waals surface area (Å²) < 4.78 is 0. The van der Waals surface area contributed by atoms with Crippen LogP contribution < -0.4 is 0 Å². The highest BCUT2D eigenvalue weighted by Gasteiger charge is 2.33. The maximum Gasteiger partial charge on any atom is 0.229 e. The summed E-state index contributed by atoms with van der Waals surface area (Å²) in [5, 5.41) is 0. The Kier molecular flexibility index (Phi) is 6.05. The number of carbonyl (C=O) groups is 2. The number of amides is 2. The normalized spacial score (nSPS) is 15.6. The van der Waals surface area contributed by atoms with Crippen LogP contribution >= 0.6 is 11.6 Å². The van der Waals surface area contributed by atoms with E-state index in [0.29, 0.717) is 38.5 Å². The predicted octanol–water partition coefficient (Wildman–Crippen LogP) is 2.56. The van der Waals surface area contributed by atoms with E-state index in [9.17, 15) is 9.59 Å². The summed E-state index contributed by atoms with van der Waals surface area (Å²) in [6, 6.07) is 10.0. The number of carbonyl (C=O) groups excluding carboxylic acids is 2. The smallest absolute Gasteiger partial charge is 0.229 e. The third kappa shape index (κ3) is 4.71. The zero-order valence-electron chi connectivity index (χ0n) is 13.9. The lowest BCUT2D eigenvalue weighted by Crippen LogP contribution is -2.53. The first-order valence-electron chi connectivity index (χ1n) is 8.11. The molecule has 0 saturated carbocycles. The fraction of sp³-hybridized carbons (Fsp3) is 0.556. The highest BCUT2D eigenvalue weighted by Crippen LogP contribution is 2.21. The quantitative estimate of drug-likeness (QED) is 0.775. The van der Waals surface area contributed by atoms with E-state index in [1.165, 1.54) is 5.56 Å². The van der Waals surface area contributed by atoms with Crippen molar-refractivity contribution < 1.29 is 9.59 Å². The largest absolute Gasteiger partial charge is 0.339 e. The standard InChI is InChI=1S/C18H25ClN2O2/c1-18(2,14-19)17(23)21-12-10-20(11-13-21)16(22)9-8-15-6-4-3-5-7-15/h3-7H,8-14H2,1-2H3. The Balaban J connectivity index is 1.80. The van der Waals surface area contributed by atoms with Crippen molar-refractivity contribution in [2.24, 2.45) is 5.41 Å². The molecule has 0 aromatic heterocycles. The molecule has 2 rings (SSSR count). The van der Waals surface area contributed by atoms with Crippen molar-refractivity contribution in [2.45, 2.75) is 26.7 Å². The SMILES string of the molecule is CC(C)(CCl)C(=O)N1CCN(C(=O)CCc2ccccc2)CC1. The molecular formula is C18H25ClN2O2. The van der Waals surface area contributed by atoms with Gasteiger partial charge in [-0.25, -0.2) is 0 Å².